The SMILES string of the molecule is COc1cccc(C(=O)N2CCCN(C(=O)CCC3CCCCC3)CC2)c1. The van der Waals surface area contributed by atoms with Gasteiger partial charge in [0.25, 0.3) is 5.91 Å². The number of amides is 2. The van der Waals surface area contributed by atoms with Gasteiger partial charge in [0.05, 0.1) is 7.11 Å². The zero-order valence-electron chi connectivity index (χ0n) is 16.5. The number of carbonyl (C=O) groups is 2. The Morgan fingerprint density at radius 3 is 2.52 bits per heavy atom. The Morgan fingerprint density at radius 2 is 1.74 bits per heavy atom. The summed E-state index contributed by atoms with van der Waals surface area (Å²) in [5.41, 5.74) is 0.645. The van der Waals surface area contributed by atoms with E-state index in [9.17, 15) is 9.59 Å². The van der Waals surface area contributed by atoms with Crippen LogP contribution in [0.25, 0.3) is 0 Å². The van der Waals surface area contributed by atoms with Crippen LogP contribution in [-0.4, -0.2) is 54.9 Å². The van der Waals surface area contributed by atoms with E-state index >= 15 is 0 Å². The van der Waals surface area contributed by atoms with E-state index in [2.05, 4.69) is 0 Å². The average molecular weight is 373 g/mol. The van der Waals surface area contributed by atoms with E-state index in [0.717, 1.165) is 25.3 Å². The Kier molecular flexibility index (Phi) is 7.13. The van der Waals surface area contributed by atoms with Gasteiger partial charge in [-0.05, 0) is 37.0 Å². The van der Waals surface area contributed by atoms with E-state index in [1.807, 2.05) is 28.0 Å². The summed E-state index contributed by atoms with van der Waals surface area (Å²) in [6, 6.07) is 7.28. The van der Waals surface area contributed by atoms with Crippen LogP contribution in [0.4, 0.5) is 0 Å². The minimum atomic E-state index is 0.0189. The van der Waals surface area contributed by atoms with E-state index in [1.165, 1.54) is 32.1 Å². The van der Waals surface area contributed by atoms with E-state index in [4.69, 9.17) is 4.74 Å². The molecule has 5 heteroatoms. The molecule has 0 bridgehead atoms. The van der Waals surface area contributed by atoms with Crippen LogP contribution in [0, 0.1) is 5.92 Å². The molecule has 1 aromatic rings. The lowest BCUT2D eigenvalue weighted by molar-refractivity contribution is -0.131. The number of carbonyl (C=O) groups excluding carboxylic acids is 2. The molecule has 27 heavy (non-hydrogen) atoms. The molecule has 0 N–H and O–H groups in total. The second kappa shape index (κ2) is 9.77. The maximum Gasteiger partial charge on any atom is 0.254 e. The van der Waals surface area contributed by atoms with Crippen LogP contribution in [0.3, 0.4) is 0 Å². The lowest BCUT2D eigenvalue weighted by Crippen LogP contribution is -2.37. The number of methoxy groups -OCH3 is 1. The Balaban J connectivity index is 1.50. The van der Waals surface area contributed by atoms with Crippen molar-refractivity contribution in [3.8, 4) is 5.75 Å². The van der Waals surface area contributed by atoms with Gasteiger partial charge in [-0.15, -0.1) is 0 Å². The summed E-state index contributed by atoms with van der Waals surface area (Å²) >= 11 is 0. The molecule has 0 unspecified atom stereocenters. The number of rotatable bonds is 5. The first kappa shape index (κ1) is 19.7. The molecule has 148 valence electrons. The van der Waals surface area contributed by atoms with Gasteiger partial charge < -0.3 is 14.5 Å². The van der Waals surface area contributed by atoms with Gasteiger partial charge in [-0.2, -0.15) is 0 Å². The molecular weight excluding hydrogens is 340 g/mol. The molecular formula is C22H32N2O3. The van der Waals surface area contributed by atoms with Crippen LogP contribution in [0.1, 0.15) is 61.7 Å². The van der Waals surface area contributed by atoms with Crippen molar-refractivity contribution in [2.75, 3.05) is 33.3 Å². The van der Waals surface area contributed by atoms with Gasteiger partial charge in [0.15, 0.2) is 0 Å². The Morgan fingerprint density at radius 1 is 1.00 bits per heavy atom. The number of hydrogen-bond donors (Lipinski definition) is 0. The number of ether oxygens (including phenoxy) is 1. The van der Waals surface area contributed by atoms with Crippen LogP contribution in [0.15, 0.2) is 24.3 Å². The van der Waals surface area contributed by atoms with E-state index < -0.39 is 0 Å². The van der Waals surface area contributed by atoms with Gasteiger partial charge in [-0.3, -0.25) is 9.59 Å². The van der Waals surface area contributed by atoms with Crippen molar-refractivity contribution in [1.82, 2.24) is 9.80 Å². The highest BCUT2D eigenvalue weighted by molar-refractivity contribution is 5.94. The van der Waals surface area contributed by atoms with Gasteiger partial charge >= 0.3 is 0 Å². The standard InChI is InChI=1S/C22H32N2O3/c1-27-20-10-5-9-19(17-20)22(26)24-14-6-13-23(15-16-24)21(25)12-11-18-7-3-2-4-8-18/h5,9-10,17-18H,2-4,6-8,11-16H2,1H3. The van der Waals surface area contributed by atoms with Gasteiger partial charge in [0, 0.05) is 38.2 Å². The third-order valence-electron chi connectivity index (χ3n) is 5.94. The van der Waals surface area contributed by atoms with E-state index in [0.29, 0.717) is 37.4 Å². The topological polar surface area (TPSA) is 49.9 Å². The zero-order valence-corrected chi connectivity index (χ0v) is 16.5. The summed E-state index contributed by atoms with van der Waals surface area (Å²) in [6.45, 7) is 2.69. The molecule has 0 atom stereocenters. The van der Waals surface area contributed by atoms with Gasteiger partial charge in [0.1, 0.15) is 5.75 Å². The summed E-state index contributed by atoms with van der Waals surface area (Å²) in [7, 11) is 1.60. The molecule has 1 heterocycles. The molecule has 2 amide bonds. The van der Waals surface area contributed by atoms with Crippen molar-refractivity contribution < 1.29 is 14.3 Å². The van der Waals surface area contributed by atoms with Crippen molar-refractivity contribution in [3.05, 3.63) is 29.8 Å². The average Bonchev–Trinajstić information content (AvgIpc) is 2.98. The second-order valence-electron chi connectivity index (χ2n) is 7.80. The van der Waals surface area contributed by atoms with E-state index in [-0.39, 0.29) is 11.8 Å². The fourth-order valence-corrected chi connectivity index (χ4v) is 4.27. The number of benzene rings is 1. The first-order valence-corrected chi connectivity index (χ1v) is 10.4. The molecule has 3 rings (SSSR count). The summed E-state index contributed by atoms with van der Waals surface area (Å²) in [5.74, 6) is 1.71. The third kappa shape index (κ3) is 5.47. The predicted molar refractivity (Wildman–Crippen MR) is 106 cm³/mol. The monoisotopic (exact) mass is 372 g/mol. The van der Waals surface area contributed by atoms with Crippen LogP contribution in [0.2, 0.25) is 0 Å². The molecule has 1 saturated carbocycles. The molecule has 1 aliphatic heterocycles. The highest BCUT2D eigenvalue weighted by atomic mass is 16.5. The van der Waals surface area contributed by atoms with E-state index in [1.54, 1.807) is 13.2 Å². The van der Waals surface area contributed by atoms with Crippen LogP contribution < -0.4 is 4.74 Å². The third-order valence-corrected chi connectivity index (χ3v) is 5.94. The normalized spacial score (nSPS) is 18.9. The summed E-state index contributed by atoms with van der Waals surface area (Å²) in [4.78, 5) is 29.3. The molecule has 1 aliphatic carbocycles. The zero-order chi connectivity index (χ0) is 19.1. The maximum atomic E-state index is 12.8. The summed E-state index contributed by atoms with van der Waals surface area (Å²) in [6.07, 6.45) is 9.11. The molecule has 1 saturated heterocycles. The van der Waals surface area contributed by atoms with Crippen molar-refractivity contribution >= 4 is 11.8 Å². The van der Waals surface area contributed by atoms with Crippen LogP contribution in [-0.2, 0) is 4.79 Å². The van der Waals surface area contributed by atoms with Crippen molar-refractivity contribution in [2.24, 2.45) is 5.92 Å². The maximum absolute atomic E-state index is 12.8. The molecule has 1 aromatic carbocycles. The Labute approximate surface area is 162 Å². The lowest BCUT2D eigenvalue weighted by atomic mass is 9.86. The first-order valence-electron chi connectivity index (χ1n) is 10.4. The molecule has 0 spiro atoms. The highest BCUT2D eigenvalue weighted by Crippen LogP contribution is 2.27. The van der Waals surface area contributed by atoms with Crippen molar-refractivity contribution in [3.63, 3.8) is 0 Å². The number of hydrogen-bond acceptors (Lipinski definition) is 3. The van der Waals surface area contributed by atoms with Crippen molar-refractivity contribution in [2.45, 2.75) is 51.4 Å². The summed E-state index contributed by atoms with van der Waals surface area (Å²) in [5, 5.41) is 0. The number of nitrogens with zero attached hydrogens (tertiary/aromatic N) is 2. The second-order valence-corrected chi connectivity index (χ2v) is 7.80. The van der Waals surface area contributed by atoms with Crippen molar-refractivity contribution in [1.29, 1.82) is 0 Å². The van der Waals surface area contributed by atoms with Gasteiger partial charge in [0.2, 0.25) is 5.91 Å². The van der Waals surface area contributed by atoms with Crippen LogP contribution >= 0.6 is 0 Å². The minimum Gasteiger partial charge on any atom is -0.497 e. The predicted octanol–water partition coefficient (Wildman–Crippen LogP) is 3.73. The Hall–Kier alpha value is -2.04. The van der Waals surface area contributed by atoms with Gasteiger partial charge in [-0.25, -0.2) is 0 Å². The lowest BCUT2D eigenvalue weighted by Gasteiger charge is -2.24. The Bertz CT molecular complexity index is 640. The van der Waals surface area contributed by atoms with Gasteiger partial charge in [-0.1, -0.05) is 38.2 Å². The molecule has 0 aromatic heterocycles. The summed E-state index contributed by atoms with van der Waals surface area (Å²) < 4.78 is 5.22. The van der Waals surface area contributed by atoms with Crippen LogP contribution in [0.5, 0.6) is 5.75 Å². The fraction of sp³-hybridized carbons (Fsp3) is 0.636. The largest absolute Gasteiger partial charge is 0.497 e. The highest BCUT2D eigenvalue weighted by Gasteiger charge is 2.24. The first-order chi connectivity index (χ1) is 13.2. The fourth-order valence-electron chi connectivity index (χ4n) is 4.27. The molecule has 2 aliphatic rings. The minimum absolute atomic E-state index is 0.0189. The molecule has 5 nitrogen and oxygen atoms in total. The smallest absolute Gasteiger partial charge is 0.254 e. The quantitative estimate of drug-likeness (QED) is 0.791. The molecule has 0 radical (unpaired) electrons. The molecule has 2 fully saturated rings.